The lowest BCUT2D eigenvalue weighted by Crippen LogP contribution is -2.52. The smallest absolute Gasteiger partial charge is 0.458 e. The molecule has 0 heterocycles. The molecule has 0 saturated carbocycles. The minimum absolute atomic E-state index is 0.486. The summed E-state index contributed by atoms with van der Waals surface area (Å²) in [6.45, 7) is 4.85. The Kier molecular flexibility index (Phi) is 5.42. The van der Waals surface area contributed by atoms with Gasteiger partial charge in [-0.15, -0.1) is 0 Å². The molecular formula is C14H20F3NO3. The molecule has 1 N–H and O–H groups in total. The maximum atomic E-state index is 12.4. The van der Waals surface area contributed by atoms with Crippen LogP contribution < -0.4 is 5.32 Å². The zero-order valence-corrected chi connectivity index (χ0v) is 12.3. The minimum Gasteiger partial charge on any atom is -0.458 e. The van der Waals surface area contributed by atoms with Crippen molar-refractivity contribution < 1.29 is 27.5 Å². The van der Waals surface area contributed by atoms with Crippen LogP contribution in [-0.4, -0.2) is 29.7 Å². The van der Waals surface area contributed by atoms with E-state index in [1.54, 1.807) is 38.2 Å². The number of amides is 1. The fraction of sp³-hybridized carbons (Fsp3) is 0.714. The molecule has 1 aliphatic carbocycles. The topological polar surface area (TPSA) is 55.4 Å². The predicted octanol–water partition coefficient (Wildman–Crippen LogP) is 2.73. The van der Waals surface area contributed by atoms with Gasteiger partial charge in [0.05, 0.1) is 0 Å². The average molecular weight is 307 g/mol. The highest BCUT2D eigenvalue weighted by molar-refractivity contribution is 5.88. The Morgan fingerprint density at radius 2 is 1.90 bits per heavy atom. The van der Waals surface area contributed by atoms with Crippen LogP contribution in [0.3, 0.4) is 0 Å². The van der Waals surface area contributed by atoms with Crippen molar-refractivity contribution in [2.24, 2.45) is 5.92 Å². The monoisotopic (exact) mass is 307 g/mol. The third kappa shape index (κ3) is 5.77. The van der Waals surface area contributed by atoms with E-state index in [9.17, 15) is 22.8 Å². The third-order valence-electron chi connectivity index (χ3n) is 2.92. The molecule has 4 nitrogen and oxygen atoms in total. The van der Waals surface area contributed by atoms with E-state index in [1.807, 2.05) is 0 Å². The number of rotatable bonds is 3. The molecule has 0 bridgehead atoms. The van der Waals surface area contributed by atoms with Gasteiger partial charge in [0, 0.05) is 5.92 Å². The van der Waals surface area contributed by atoms with Gasteiger partial charge in [0.1, 0.15) is 11.6 Å². The van der Waals surface area contributed by atoms with Crippen LogP contribution in [0.25, 0.3) is 0 Å². The Balaban J connectivity index is 2.89. The highest BCUT2D eigenvalue weighted by Crippen LogP contribution is 2.24. The van der Waals surface area contributed by atoms with Crippen molar-refractivity contribution >= 4 is 11.9 Å². The molecule has 2 atom stereocenters. The fourth-order valence-corrected chi connectivity index (χ4v) is 2.05. The molecule has 0 saturated heterocycles. The van der Waals surface area contributed by atoms with Crippen LogP contribution in [0.2, 0.25) is 0 Å². The summed E-state index contributed by atoms with van der Waals surface area (Å²) in [7, 11) is 0. The number of esters is 1. The predicted molar refractivity (Wildman–Crippen MR) is 70.3 cm³/mol. The van der Waals surface area contributed by atoms with E-state index in [0.29, 0.717) is 6.42 Å². The minimum atomic E-state index is -5.03. The normalized spacial score (nSPS) is 20.8. The zero-order chi connectivity index (χ0) is 16.3. The molecule has 0 aromatic rings. The van der Waals surface area contributed by atoms with Gasteiger partial charge in [-0.1, -0.05) is 12.2 Å². The van der Waals surface area contributed by atoms with Gasteiger partial charge < -0.3 is 10.1 Å². The number of allylic oxidation sites excluding steroid dienone is 1. The summed E-state index contributed by atoms with van der Waals surface area (Å²) < 4.78 is 42.3. The average Bonchev–Trinajstić information content (AvgIpc) is 2.33. The third-order valence-corrected chi connectivity index (χ3v) is 2.92. The van der Waals surface area contributed by atoms with Gasteiger partial charge in [-0.25, -0.2) is 4.79 Å². The van der Waals surface area contributed by atoms with Gasteiger partial charge in [-0.05, 0) is 40.0 Å². The van der Waals surface area contributed by atoms with Gasteiger partial charge in [0.2, 0.25) is 0 Å². The molecule has 7 heteroatoms. The molecule has 0 radical (unpaired) electrons. The first-order valence-corrected chi connectivity index (χ1v) is 6.78. The number of alkyl halides is 3. The summed E-state index contributed by atoms with van der Waals surface area (Å²) in [6.07, 6.45) is 0.518. The molecule has 0 aliphatic heterocycles. The molecule has 1 rings (SSSR count). The van der Waals surface area contributed by atoms with Crippen LogP contribution in [0.4, 0.5) is 13.2 Å². The van der Waals surface area contributed by atoms with Crippen molar-refractivity contribution in [2.45, 2.75) is 57.9 Å². The Morgan fingerprint density at radius 3 is 2.33 bits per heavy atom. The van der Waals surface area contributed by atoms with Gasteiger partial charge in [-0.3, -0.25) is 4.79 Å². The quantitative estimate of drug-likeness (QED) is 0.644. The van der Waals surface area contributed by atoms with Crippen LogP contribution in [0.5, 0.6) is 0 Å². The van der Waals surface area contributed by atoms with E-state index in [1.165, 1.54) is 0 Å². The largest absolute Gasteiger partial charge is 0.471 e. The van der Waals surface area contributed by atoms with Crippen molar-refractivity contribution in [2.75, 3.05) is 0 Å². The van der Waals surface area contributed by atoms with Crippen LogP contribution in [0.15, 0.2) is 12.2 Å². The standard InChI is InChI=1S/C14H20F3NO3/c1-13(2,3)21-11(19)10(9-7-5-4-6-8-9)18-12(20)14(15,16)17/h5,7,9-10H,4,6,8H2,1-3H3,(H,18,20). The lowest BCUT2D eigenvalue weighted by Gasteiger charge is -2.29. The molecule has 1 aliphatic rings. The summed E-state index contributed by atoms with van der Waals surface area (Å²) in [5.74, 6) is -3.46. The Bertz CT molecular complexity index is 424. The van der Waals surface area contributed by atoms with Gasteiger partial charge in [-0.2, -0.15) is 13.2 Å². The van der Waals surface area contributed by atoms with Gasteiger partial charge >= 0.3 is 18.1 Å². The summed E-state index contributed by atoms with van der Waals surface area (Å²) in [4.78, 5) is 23.2. The van der Waals surface area contributed by atoms with Gasteiger partial charge in [0.15, 0.2) is 0 Å². The number of ether oxygens (including phenoxy) is 1. The highest BCUT2D eigenvalue weighted by Gasteiger charge is 2.43. The van der Waals surface area contributed by atoms with Crippen LogP contribution >= 0.6 is 0 Å². The lowest BCUT2D eigenvalue weighted by atomic mass is 9.89. The summed E-state index contributed by atoms with van der Waals surface area (Å²) in [5, 5.41) is 1.76. The molecule has 2 unspecified atom stereocenters. The van der Waals surface area contributed by atoms with E-state index < -0.39 is 35.6 Å². The number of hydrogen-bond donors (Lipinski definition) is 1. The number of hydrogen-bond acceptors (Lipinski definition) is 3. The zero-order valence-electron chi connectivity index (χ0n) is 12.3. The first-order chi connectivity index (χ1) is 9.50. The fourth-order valence-electron chi connectivity index (χ4n) is 2.05. The first-order valence-electron chi connectivity index (χ1n) is 6.78. The SMILES string of the molecule is CC(C)(C)OC(=O)C(NC(=O)C(F)(F)F)C1C=CCCC1. The lowest BCUT2D eigenvalue weighted by molar-refractivity contribution is -0.177. The van der Waals surface area contributed by atoms with Crippen molar-refractivity contribution in [1.29, 1.82) is 0 Å². The summed E-state index contributed by atoms with van der Waals surface area (Å²) in [5.41, 5.74) is -0.837. The molecule has 0 fully saturated rings. The van der Waals surface area contributed by atoms with Crippen molar-refractivity contribution in [1.82, 2.24) is 5.32 Å². The van der Waals surface area contributed by atoms with Gasteiger partial charge in [0.25, 0.3) is 0 Å². The van der Waals surface area contributed by atoms with E-state index in [2.05, 4.69) is 0 Å². The van der Waals surface area contributed by atoms with E-state index in [4.69, 9.17) is 4.74 Å². The Morgan fingerprint density at radius 1 is 1.29 bits per heavy atom. The second kappa shape index (κ2) is 6.49. The first kappa shape index (κ1) is 17.5. The summed E-state index contributed by atoms with van der Waals surface area (Å²) in [6, 6.07) is -1.32. The Hall–Kier alpha value is -1.53. The molecule has 0 aromatic heterocycles. The second-order valence-electron chi connectivity index (χ2n) is 6.01. The van der Waals surface area contributed by atoms with Crippen LogP contribution in [-0.2, 0) is 14.3 Å². The number of halogens is 3. The molecular weight excluding hydrogens is 287 g/mol. The Labute approximate surface area is 121 Å². The van der Waals surface area contributed by atoms with Crippen molar-refractivity contribution in [3.05, 3.63) is 12.2 Å². The maximum absolute atomic E-state index is 12.4. The highest BCUT2D eigenvalue weighted by atomic mass is 19.4. The number of carbonyl (C=O) groups is 2. The molecule has 1 amide bonds. The second-order valence-corrected chi connectivity index (χ2v) is 6.01. The van der Waals surface area contributed by atoms with Crippen LogP contribution in [0.1, 0.15) is 40.0 Å². The van der Waals surface area contributed by atoms with Crippen molar-refractivity contribution in [3.8, 4) is 0 Å². The molecule has 0 aromatic carbocycles. The summed E-state index contributed by atoms with van der Waals surface area (Å²) >= 11 is 0. The maximum Gasteiger partial charge on any atom is 0.471 e. The van der Waals surface area contributed by atoms with E-state index in [-0.39, 0.29) is 0 Å². The van der Waals surface area contributed by atoms with Crippen LogP contribution in [0, 0.1) is 5.92 Å². The number of nitrogens with one attached hydrogen (secondary N) is 1. The molecule has 120 valence electrons. The van der Waals surface area contributed by atoms with Crippen molar-refractivity contribution in [3.63, 3.8) is 0 Å². The van der Waals surface area contributed by atoms with E-state index >= 15 is 0 Å². The molecule has 0 spiro atoms. The number of carbonyl (C=O) groups excluding carboxylic acids is 2. The van der Waals surface area contributed by atoms with E-state index in [0.717, 1.165) is 12.8 Å². The molecule has 21 heavy (non-hydrogen) atoms.